The second kappa shape index (κ2) is 6.56. The average Bonchev–Trinajstić information content (AvgIpc) is 2.85. The molecule has 20 heavy (non-hydrogen) atoms. The van der Waals surface area contributed by atoms with Gasteiger partial charge in [-0.1, -0.05) is 0 Å². The maximum absolute atomic E-state index is 11.8. The summed E-state index contributed by atoms with van der Waals surface area (Å²) in [6.07, 6.45) is 1.79. The normalized spacial score (nSPS) is 20.1. The van der Waals surface area contributed by atoms with Crippen LogP contribution in [0.25, 0.3) is 0 Å². The molecule has 1 atom stereocenters. The van der Waals surface area contributed by atoms with Crippen molar-refractivity contribution >= 4 is 21.4 Å². The van der Waals surface area contributed by atoms with Gasteiger partial charge < -0.3 is 5.32 Å². The molecule has 1 aromatic heterocycles. The summed E-state index contributed by atoms with van der Waals surface area (Å²) in [5, 5.41) is 5.77. The van der Waals surface area contributed by atoms with Crippen molar-refractivity contribution in [2.75, 3.05) is 18.8 Å². The fraction of sp³-hybridized carbons (Fsp3) is 0.714. The monoisotopic (exact) mass is 316 g/mol. The molecule has 0 radical (unpaired) electrons. The van der Waals surface area contributed by atoms with E-state index in [0.29, 0.717) is 25.2 Å². The van der Waals surface area contributed by atoms with Crippen LogP contribution in [0.5, 0.6) is 0 Å². The van der Waals surface area contributed by atoms with E-state index in [1.165, 1.54) is 10.4 Å². The topological polar surface area (TPSA) is 49.4 Å². The highest BCUT2D eigenvalue weighted by atomic mass is 32.2. The maximum atomic E-state index is 11.8. The Morgan fingerprint density at radius 2 is 2.10 bits per heavy atom. The summed E-state index contributed by atoms with van der Waals surface area (Å²) in [6.45, 7) is 7.32. The predicted molar refractivity (Wildman–Crippen MR) is 84.7 cm³/mol. The largest absolute Gasteiger partial charge is 0.307 e. The van der Waals surface area contributed by atoms with Crippen LogP contribution in [0.15, 0.2) is 11.4 Å². The molecule has 114 valence electrons. The van der Waals surface area contributed by atoms with Crippen LogP contribution < -0.4 is 5.32 Å². The highest BCUT2D eigenvalue weighted by molar-refractivity contribution is 7.89. The van der Waals surface area contributed by atoms with Gasteiger partial charge in [0.1, 0.15) is 0 Å². The lowest BCUT2D eigenvalue weighted by Gasteiger charge is -2.33. The molecule has 1 aliphatic heterocycles. The molecule has 2 rings (SSSR count). The number of nitrogens with zero attached hydrogens (tertiary/aromatic N) is 1. The Bertz CT molecular complexity index is 531. The quantitative estimate of drug-likeness (QED) is 0.908. The highest BCUT2D eigenvalue weighted by Crippen LogP contribution is 2.25. The van der Waals surface area contributed by atoms with Gasteiger partial charge in [0.05, 0.1) is 5.75 Å². The van der Waals surface area contributed by atoms with E-state index in [1.54, 1.807) is 22.6 Å². The Morgan fingerprint density at radius 3 is 2.60 bits per heavy atom. The van der Waals surface area contributed by atoms with Gasteiger partial charge in [0.2, 0.25) is 10.0 Å². The van der Waals surface area contributed by atoms with E-state index in [-0.39, 0.29) is 5.75 Å². The summed E-state index contributed by atoms with van der Waals surface area (Å²) >= 11 is 1.79. The molecule has 0 aromatic carbocycles. The van der Waals surface area contributed by atoms with Gasteiger partial charge in [-0.05, 0) is 50.6 Å². The fourth-order valence-corrected chi connectivity index (χ4v) is 4.82. The molecule has 0 spiro atoms. The van der Waals surface area contributed by atoms with E-state index in [4.69, 9.17) is 0 Å². The summed E-state index contributed by atoms with van der Waals surface area (Å²) in [7, 11) is -3.02. The van der Waals surface area contributed by atoms with Crippen LogP contribution in [0.4, 0.5) is 0 Å². The van der Waals surface area contributed by atoms with Crippen LogP contribution >= 0.6 is 11.3 Å². The average molecular weight is 316 g/mol. The molecule has 6 heteroatoms. The van der Waals surface area contributed by atoms with Crippen molar-refractivity contribution < 1.29 is 8.42 Å². The molecule has 1 saturated heterocycles. The van der Waals surface area contributed by atoms with Gasteiger partial charge in [-0.15, -0.1) is 11.3 Å². The SMILES string of the molecule is CCS(=O)(=O)N1CCC(NC(C)c2sccc2C)CC1. The van der Waals surface area contributed by atoms with Gasteiger partial charge in [-0.3, -0.25) is 0 Å². The zero-order valence-electron chi connectivity index (χ0n) is 12.4. The third-order valence-corrected chi connectivity index (χ3v) is 7.08. The molecule has 1 unspecified atom stereocenters. The minimum atomic E-state index is -3.02. The highest BCUT2D eigenvalue weighted by Gasteiger charge is 2.27. The molecule has 0 bridgehead atoms. The molecule has 0 saturated carbocycles. The lowest BCUT2D eigenvalue weighted by Crippen LogP contribution is -2.45. The number of thiophene rings is 1. The fourth-order valence-electron chi connectivity index (χ4n) is 2.74. The van der Waals surface area contributed by atoms with Crippen LogP contribution in [0, 0.1) is 6.92 Å². The second-order valence-corrected chi connectivity index (χ2v) is 8.64. The molecule has 1 aliphatic rings. The minimum Gasteiger partial charge on any atom is -0.307 e. The molecule has 4 nitrogen and oxygen atoms in total. The van der Waals surface area contributed by atoms with E-state index < -0.39 is 10.0 Å². The van der Waals surface area contributed by atoms with Gasteiger partial charge in [-0.25, -0.2) is 12.7 Å². The summed E-state index contributed by atoms with van der Waals surface area (Å²) in [6, 6.07) is 2.90. The number of nitrogens with one attached hydrogen (secondary N) is 1. The van der Waals surface area contributed by atoms with Crippen molar-refractivity contribution in [1.29, 1.82) is 0 Å². The Hall–Kier alpha value is -0.430. The second-order valence-electron chi connectivity index (χ2n) is 5.43. The number of rotatable bonds is 5. The van der Waals surface area contributed by atoms with Crippen molar-refractivity contribution in [3.8, 4) is 0 Å². The van der Waals surface area contributed by atoms with Crippen molar-refractivity contribution in [2.24, 2.45) is 0 Å². The van der Waals surface area contributed by atoms with Crippen LogP contribution in [-0.2, 0) is 10.0 Å². The standard InChI is InChI=1S/C14H24N2O2S2/c1-4-20(17,18)16-8-5-13(6-9-16)15-12(3)14-11(2)7-10-19-14/h7,10,12-13,15H,4-6,8-9H2,1-3H3. The van der Waals surface area contributed by atoms with E-state index in [2.05, 4.69) is 30.6 Å². The number of hydrogen-bond acceptors (Lipinski definition) is 4. The number of sulfonamides is 1. The lowest BCUT2D eigenvalue weighted by atomic mass is 10.0. The van der Waals surface area contributed by atoms with Gasteiger partial charge in [0.15, 0.2) is 0 Å². The molecular formula is C14H24N2O2S2. The number of hydrogen-bond donors (Lipinski definition) is 1. The first-order valence-corrected chi connectivity index (χ1v) is 9.70. The molecule has 1 fully saturated rings. The minimum absolute atomic E-state index is 0.204. The summed E-state index contributed by atoms with van der Waals surface area (Å²) in [4.78, 5) is 1.38. The zero-order chi connectivity index (χ0) is 14.8. The first-order chi connectivity index (χ1) is 9.44. The summed E-state index contributed by atoms with van der Waals surface area (Å²) in [5.41, 5.74) is 1.33. The number of aryl methyl sites for hydroxylation is 1. The molecule has 1 N–H and O–H groups in total. The van der Waals surface area contributed by atoms with Crippen molar-refractivity contribution in [3.63, 3.8) is 0 Å². The van der Waals surface area contributed by atoms with Gasteiger partial charge in [0, 0.05) is 30.1 Å². The van der Waals surface area contributed by atoms with Crippen molar-refractivity contribution in [2.45, 2.75) is 45.7 Å². The van der Waals surface area contributed by atoms with Gasteiger partial charge in [0.25, 0.3) is 0 Å². The number of piperidine rings is 1. The van der Waals surface area contributed by atoms with Crippen molar-refractivity contribution in [3.05, 3.63) is 21.9 Å². The smallest absolute Gasteiger partial charge is 0.213 e. The Balaban J connectivity index is 1.88. The van der Waals surface area contributed by atoms with Gasteiger partial charge in [-0.2, -0.15) is 0 Å². The van der Waals surface area contributed by atoms with E-state index in [1.807, 2.05) is 0 Å². The van der Waals surface area contributed by atoms with Crippen molar-refractivity contribution in [1.82, 2.24) is 9.62 Å². The first-order valence-electron chi connectivity index (χ1n) is 7.22. The third kappa shape index (κ3) is 3.61. The maximum Gasteiger partial charge on any atom is 0.213 e. The van der Waals surface area contributed by atoms with Crippen LogP contribution in [-0.4, -0.2) is 37.6 Å². The predicted octanol–water partition coefficient (Wildman–Crippen LogP) is 2.52. The van der Waals surface area contributed by atoms with Crippen LogP contribution in [0.1, 0.15) is 43.2 Å². The summed E-state index contributed by atoms with van der Waals surface area (Å²) < 4.78 is 25.3. The zero-order valence-corrected chi connectivity index (χ0v) is 14.1. The Labute approximate surface area is 126 Å². The molecular weight excluding hydrogens is 292 g/mol. The lowest BCUT2D eigenvalue weighted by molar-refractivity contribution is 0.278. The summed E-state index contributed by atoms with van der Waals surface area (Å²) in [5.74, 6) is 0.204. The van der Waals surface area contributed by atoms with E-state index in [9.17, 15) is 8.42 Å². The van der Waals surface area contributed by atoms with Crippen LogP contribution in [0.3, 0.4) is 0 Å². The van der Waals surface area contributed by atoms with E-state index >= 15 is 0 Å². The third-order valence-electron chi connectivity index (χ3n) is 3.99. The molecule has 1 aromatic rings. The van der Waals surface area contributed by atoms with Crippen LogP contribution in [0.2, 0.25) is 0 Å². The van der Waals surface area contributed by atoms with E-state index in [0.717, 1.165) is 12.8 Å². The molecule has 0 amide bonds. The Morgan fingerprint density at radius 1 is 1.45 bits per heavy atom. The molecule has 0 aliphatic carbocycles. The van der Waals surface area contributed by atoms with Gasteiger partial charge >= 0.3 is 0 Å². The molecule has 2 heterocycles. The Kier molecular flexibility index (Phi) is 5.23. The first kappa shape index (κ1) is 15.9.